The van der Waals surface area contributed by atoms with Crippen LogP contribution in [0.4, 0.5) is 0 Å². The van der Waals surface area contributed by atoms with Crippen LogP contribution in [-0.2, 0) is 0 Å². The summed E-state index contributed by atoms with van der Waals surface area (Å²) in [6, 6.07) is 0. The smallest absolute Gasteiger partial charge is 0.00192 e. The summed E-state index contributed by atoms with van der Waals surface area (Å²) in [6.07, 6.45) is 5.06. The number of allylic oxidation sites excluding steroid dienone is 1. The Balaban J connectivity index is 2.46. The lowest BCUT2D eigenvalue weighted by Crippen LogP contribution is -2.29. The van der Waals surface area contributed by atoms with E-state index in [9.17, 15) is 0 Å². The number of hydrogen-bond acceptors (Lipinski definition) is 1. The van der Waals surface area contributed by atoms with Gasteiger partial charge in [-0.2, -0.15) is 0 Å². The molecular formula is C11H21N. The Labute approximate surface area is 76.2 Å². The maximum Gasteiger partial charge on any atom is 0.00192 e. The fourth-order valence-corrected chi connectivity index (χ4v) is 2.04. The van der Waals surface area contributed by atoms with Crippen LogP contribution in [0.3, 0.4) is 0 Å². The van der Waals surface area contributed by atoms with Crippen LogP contribution in [0.1, 0.15) is 33.6 Å². The molecule has 2 unspecified atom stereocenters. The zero-order valence-corrected chi connectivity index (χ0v) is 8.56. The summed E-state index contributed by atoms with van der Waals surface area (Å²) in [5.74, 6) is 1.66. The molecule has 1 nitrogen and oxygen atoms in total. The minimum atomic E-state index is 0.790. The van der Waals surface area contributed by atoms with Gasteiger partial charge in [0.05, 0.1) is 0 Å². The van der Waals surface area contributed by atoms with Gasteiger partial charge in [-0.3, -0.25) is 0 Å². The Bertz CT molecular complexity index is 160. The van der Waals surface area contributed by atoms with E-state index < -0.39 is 0 Å². The first kappa shape index (κ1) is 9.79. The van der Waals surface area contributed by atoms with Crippen LogP contribution in [0.25, 0.3) is 0 Å². The average Bonchev–Trinajstić information content (AvgIpc) is 2.04. The van der Waals surface area contributed by atoms with Gasteiger partial charge in [0.1, 0.15) is 0 Å². The monoisotopic (exact) mass is 167 g/mol. The number of hydrogen-bond donors (Lipinski definition) is 1. The molecule has 1 N–H and O–H groups in total. The summed E-state index contributed by atoms with van der Waals surface area (Å²) in [7, 11) is 0. The molecule has 1 aliphatic carbocycles. The predicted octanol–water partition coefficient (Wildman–Crippen LogP) is 2.59. The van der Waals surface area contributed by atoms with Crippen molar-refractivity contribution in [3.05, 3.63) is 11.6 Å². The Morgan fingerprint density at radius 2 is 2.33 bits per heavy atom. The van der Waals surface area contributed by atoms with Gasteiger partial charge in [0.2, 0.25) is 0 Å². The van der Waals surface area contributed by atoms with Gasteiger partial charge in [-0.1, -0.05) is 25.5 Å². The highest BCUT2D eigenvalue weighted by Crippen LogP contribution is 2.29. The second kappa shape index (κ2) is 4.66. The average molecular weight is 167 g/mol. The molecule has 12 heavy (non-hydrogen) atoms. The molecule has 0 aromatic rings. The van der Waals surface area contributed by atoms with Crippen LogP contribution in [-0.4, -0.2) is 13.1 Å². The van der Waals surface area contributed by atoms with E-state index in [2.05, 4.69) is 32.2 Å². The zero-order chi connectivity index (χ0) is 8.97. The maximum atomic E-state index is 3.44. The van der Waals surface area contributed by atoms with E-state index in [1.807, 2.05) is 0 Å². The second-order valence-electron chi connectivity index (χ2n) is 3.92. The molecule has 0 bridgehead atoms. The fraction of sp³-hybridized carbons (Fsp3) is 0.818. The number of nitrogens with one attached hydrogen (secondary N) is 1. The topological polar surface area (TPSA) is 12.0 Å². The third-order valence-corrected chi connectivity index (χ3v) is 2.97. The number of rotatable bonds is 3. The highest BCUT2D eigenvalue weighted by molar-refractivity contribution is 5.09. The van der Waals surface area contributed by atoms with E-state index >= 15 is 0 Å². The Morgan fingerprint density at radius 1 is 1.58 bits per heavy atom. The highest BCUT2D eigenvalue weighted by Gasteiger charge is 2.20. The molecular weight excluding hydrogens is 146 g/mol. The summed E-state index contributed by atoms with van der Waals surface area (Å²) in [6.45, 7) is 9.08. The molecule has 0 amide bonds. The second-order valence-corrected chi connectivity index (χ2v) is 3.92. The van der Waals surface area contributed by atoms with Crippen molar-refractivity contribution < 1.29 is 0 Å². The first-order chi connectivity index (χ1) is 5.75. The normalized spacial score (nSPS) is 30.1. The van der Waals surface area contributed by atoms with E-state index in [1.165, 1.54) is 19.4 Å². The van der Waals surface area contributed by atoms with Gasteiger partial charge in [0.25, 0.3) is 0 Å². The van der Waals surface area contributed by atoms with E-state index in [-0.39, 0.29) is 0 Å². The lowest BCUT2D eigenvalue weighted by Gasteiger charge is -2.28. The van der Waals surface area contributed by atoms with Crippen molar-refractivity contribution in [3.8, 4) is 0 Å². The van der Waals surface area contributed by atoms with Crippen molar-refractivity contribution >= 4 is 0 Å². The first-order valence-electron chi connectivity index (χ1n) is 5.13. The lowest BCUT2D eigenvalue weighted by atomic mass is 9.80. The Hall–Kier alpha value is -0.300. The van der Waals surface area contributed by atoms with Gasteiger partial charge in [0, 0.05) is 6.54 Å². The first-order valence-corrected chi connectivity index (χ1v) is 5.13. The van der Waals surface area contributed by atoms with Gasteiger partial charge in [-0.05, 0) is 38.1 Å². The third-order valence-electron chi connectivity index (χ3n) is 2.97. The van der Waals surface area contributed by atoms with Crippen molar-refractivity contribution in [2.24, 2.45) is 11.8 Å². The summed E-state index contributed by atoms with van der Waals surface area (Å²) in [5, 5.41) is 3.44. The van der Waals surface area contributed by atoms with Crippen molar-refractivity contribution in [3.63, 3.8) is 0 Å². The fourth-order valence-electron chi connectivity index (χ4n) is 2.04. The maximum absolute atomic E-state index is 3.44. The minimum Gasteiger partial charge on any atom is -0.316 e. The molecule has 0 aromatic heterocycles. The molecule has 0 radical (unpaired) electrons. The van der Waals surface area contributed by atoms with Crippen molar-refractivity contribution in [2.75, 3.05) is 13.1 Å². The van der Waals surface area contributed by atoms with Crippen LogP contribution >= 0.6 is 0 Å². The van der Waals surface area contributed by atoms with Crippen LogP contribution < -0.4 is 5.32 Å². The molecule has 0 spiro atoms. The van der Waals surface area contributed by atoms with Crippen molar-refractivity contribution in [1.29, 1.82) is 0 Å². The zero-order valence-electron chi connectivity index (χ0n) is 8.56. The Morgan fingerprint density at radius 3 is 2.92 bits per heavy atom. The lowest BCUT2D eigenvalue weighted by molar-refractivity contribution is 0.353. The molecule has 1 aliphatic rings. The van der Waals surface area contributed by atoms with Gasteiger partial charge in [-0.15, -0.1) is 0 Å². The molecule has 0 fully saturated rings. The largest absolute Gasteiger partial charge is 0.316 e. The van der Waals surface area contributed by atoms with E-state index in [0.29, 0.717) is 0 Å². The van der Waals surface area contributed by atoms with Gasteiger partial charge < -0.3 is 5.32 Å². The van der Waals surface area contributed by atoms with Crippen LogP contribution in [0.5, 0.6) is 0 Å². The van der Waals surface area contributed by atoms with Gasteiger partial charge in [0.15, 0.2) is 0 Å². The van der Waals surface area contributed by atoms with Crippen molar-refractivity contribution in [2.45, 2.75) is 33.6 Å². The van der Waals surface area contributed by atoms with Crippen LogP contribution in [0.15, 0.2) is 11.6 Å². The molecule has 70 valence electrons. The summed E-state index contributed by atoms with van der Waals surface area (Å²) < 4.78 is 0. The summed E-state index contributed by atoms with van der Waals surface area (Å²) >= 11 is 0. The van der Waals surface area contributed by atoms with Gasteiger partial charge >= 0.3 is 0 Å². The molecule has 0 aromatic carbocycles. The standard InChI is InChI=1S/C11H21N/c1-4-12-8-11-9(2)6-5-7-10(11)3/h6,10-12H,4-5,7-8H2,1-3H3. The predicted molar refractivity (Wildman–Crippen MR) is 54.2 cm³/mol. The third kappa shape index (κ3) is 2.34. The van der Waals surface area contributed by atoms with E-state index in [4.69, 9.17) is 0 Å². The summed E-state index contributed by atoms with van der Waals surface area (Å²) in [5.41, 5.74) is 1.59. The Kier molecular flexibility index (Phi) is 3.80. The molecule has 1 rings (SSSR count). The molecule has 0 heterocycles. The van der Waals surface area contributed by atoms with E-state index in [0.717, 1.165) is 18.4 Å². The van der Waals surface area contributed by atoms with Gasteiger partial charge in [-0.25, -0.2) is 0 Å². The molecule has 1 heteroatoms. The molecule has 2 atom stereocenters. The molecule has 0 saturated carbocycles. The van der Waals surface area contributed by atoms with Crippen molar-refractivity contribution in [1.82, 2.24) is 5.32 Å². The minimum absolute atomic E-state index is 0.790. The summed E-state index contributed by atoms with van der Waals surface area (Å²) in [4.78, 5) is 0. The molecule has 0 saturated heterocycles. The van der Waals surface area contributed by atoms with E-state index in [1.54, 1.807) is 5.57 Å². The van der Waals surface area contributed by atoms with Crippen LogP contribution in [0.2, 0.25) is 0 Å². The highest BCUT2D eigenvalue weighted by atomic mass is 14.8. The quantitative estimate of drug-likeness (QED) is 0.637. The molecule has 0 aliphatic heterocycles. The van der Waals surface area contributed by atoms with Crippen LogP contribution in [0, 0.1) is 11.8 Å². The SMILES string of the molecule is CCNCC1C(C)=CCCC1C.